The summed E-state index contributed by atoms with van der Waals surface area (Å²) in [4.78, 5) is 56.7. The first-order chi connectivity index (χ1) is 16.2. The second-order valence-electron chi connectivity index (χ2n) is 9.30. The van der Waals surface area contributed by atoms with E-state index in [-0.39, 0.29) is 55.0 Å². The lowest BCUT2D eigenvalue weighted by atomic mass is 9.95. The molecule has 3 aliphatic rings. The van der Waals surface area contributed by atoms with Crippen LogP contribution in [0.5, 0.6) is 5.75 Å². The molecule has 0 bridgehead atoms. The number of hydrogen-bond acceptors (Lipinski definition) is 5. The molecule has 3 amide bonds. The van der Waals surface area contributed by atoms with Crippen molar-refractivity contribution in [2.24, 2.45) is 5.92 Å². The fourth-order valence-corrected chi connectivity index (χ4v) is 4.86. The first-order valence-electron chi connectivity index (χ1n) is 11.2. The van der Waals surface area contributed by atoms with Crippen LogP contribution in [0.3, 0.4) is 0 Å². The van der Waals surface area contributed by atoms with Crippen molar-refractivity contribution in [3.8, 4) is 5.75 Å². The Balaban J connectivity index is 1.55. The molecule has 0 spiro atoms. The summed E-state index contributed by atoms with van der Waals surface area (Å²) in [5.74, 6) is -2.35. The maximum atomic E-state index is 13.5. The van der Waals surface area contributed by atoms with Gasteiger partial charge in [0.05, 0.1) is 5.56 Å². The van der Waals surface area contributed by atoms with E-state index in [1.807, 2.05) is 0 Å². The summed E-state index contributed by atoms with van der Waals surface area (Å²) < 4.78 is 14.5. The molecular weight excluding hydrogens is 443 g/mol. The average molecular weight is 468 g/mol. The first kappa shape index (κ1) is 22.1. The Morgan fingerprint density at radius 3 is 2.41 bits per heavy atom. The Morgan fingerprint density at radius 1 is 1.12 bits per heavy atom. The molecule has 1 fully saturated rings. The summed E-state index contributed by atoms with van der Waals surface area (Å²) in [6.45, 7) is 0.263. The zero-order valence-corrected chi connectivity index (χ0v) is 19.0. The van der Waals surface area contributed by atoms with Crippen LogP contribution in [0.1, 0.15) is 51.0 Å². The van der Waals surface area contributed by atoms with Crippen molar-refractivity contribution >= 4 is 17.7 Å². The third-order valence-electron chi connectivity index (χ3n) is 6.80. The third kappa shape index (κ3) is 3.44. The van der Waals surface area contributed by atoms with Crippen molar-refractivity contribution < 1.29 is 23.9 Å². The highest BCUT2D eigenvalue weighted by Gasteiger charge is 2.50. The molecule has 2 aromatic rings. The van der Waals surface area contributed by atoms with Crippen molar-refractivity contribution in [2.45, 2.75) is 32.0 Å². The summed E-state index contributed by atoms with van der Waals surface area (Å²) in [6, 6.07) is 5.74. The molecule has 1 aromatic carbocycles. The number of aromatic nitrogens is 1. The summed E-state index contributed by atoms with van der Waals surface area (Å²) >= 11 is 0. The molecule has 178 valence electrons. The SMILES string of the molecule is CN(C)C(=O)CN1C(=O)c2c3c(c(O)c(=O)n2C1C1CC1)C(=O)N(Cc1ccc(F)cc1)CC3. The molecule has 34 heavy (non-hydrogen) atoms. The van der Waals surface area contributed by atoms with Crippen LogP contribution in [-0.2, 0) is 17.8 Å². The van der Waals surface area contributed by atoms with E-state index >= 15 is 0 Å². The number of aromatic hydroxyl groups is 1. The van der Waals surface area contributed by atoms with Gasteiger partial charge in [0.25, 0.3) is 17.4 Å². The Bertz CT molecular complexity index is 1270. The number of likely N-dealkylation sites (N-methyl/N-ethyl adjacent to an activating group) is 1. The molecule has 3 heterocycles. The molecule has 1 atom stereocenters. The van der Waals surface area contributed by atoms with Crippen LogP contribution < -0.4 is 5.56 Å². The minimum absolute atomic E-state index is 0.0181. The molecule has 2 aliphatic heterocycles. The van der Waals surface area contributed by atoms with Gasteiger partial charge in [0, 0.05) is 32.7 Å². The number of nitrogens with zero attached hydrogens (tertiary/aromatic N) is 4. The zero-order valence-electron chi connectivity index (χ0n) is 19.0. The normalized spacial score (nSPS) is 19.3. The van der Waals surface area contributed by atoms with Crippen LogP contribution in [0.2, 0.25) is 0 Å². The third-order valence-corrected chi connectivity index (χ3v) is 6.80. The van der Waals surface area contributed by atoms with Gasteiger partial charge in [0.2, 0.25) is 5.91 Å². The maximum absolute atomic E-state index is 13.5. The van der Waals surface area contributed by atoms with Crippen molar-refractivity contribution in [3.05, 3.63) is 62.8 Å². The van der Waals surface area contributed by atoms with Crippen LogP contribution >= 0.6 is 0 Å². The molecule has 0 radical (unpaired) electrons. The lowest BCUT2D eigenvalue weighted by molar-refractivity contribution is -0.130. The second kappa shape index (κ2) is 7.96. The minimum Gasteiger partial charge on any atom is -0.502 e. The van der Waals surface area contributed by atoms with Gasteiger partial charge in [-0.25, -0.2) is 4.39 Å². The first-order valence-corrected chi connectivity index (χ1v) is 11.2. The van der Waals surface area contributed by atoms with Gasteiger partial charge in [0.1, 0.15) is 24.2 Å². The fourth-order valence-electron chi connectivity index (χ4n) is 4.86. The van der Waals surface area contributed by atoms with Gasteiger partial charge < -0.3 is 19.8 Å². The van der Waals surface area contributed by atoms with Crippen LogP contribution in [0, 0.1) is 11.7 Å². The minimum atomic E-state index is -0.796. The molecule has 10 heteroatoms. The van der Waals surface area contributed by atoms with Crippen molar-refractivity contribution in [2.75, 3.05) is 27.2 Å². The number of pyridine rings is 1. The van der Waals surface area contributed by atoms with E-state index in [1.54, 1.807) is 26.2 Å². The van der Waals surface area contributed by atoms with Gasteiger partial charge >= 0.3 is 0 Å². The number of halogens is 1. The number of carbonyl (C=O) groups is 3. The second-order valence-corrected chi connectivity index (χ2v) is 9.30. The monoisotopic (exact) mass is 468 g/mol. The van der Waals surface area contributed by atoms with E-state index in [0.717, 1.165) is 12.8 Å². The quantitative estimate of drug-likeness (QED) is 0.714. The summed E-state index contributed by atoms with van der Waals surface area (Å²) in [6.07, 6.45) is 1.23. The number of carbonyl (C=O) groups excluding carboxylic acids is 3. The van der Waals surface area contributed by atoms with Gasteiger partial charge in [-0.1, -0.05) is 12.1 Å². The topological polar surface area (TPSA) is 103 Å². The van der Waals surface area contributed by atoms with E-state index in [9.17, 15) is 28.7 Å². The van der Waals surface area contributed by atoms with Crippen molar-refractivity contribution in [3.63, 3.8) is 0 Å². The number of hydrogen-bond donors (Lipinski definition) is 1. The van der Waals surface area contributed by atoms with Gasteiger partial charge in [-0.15, -0.1) is 0 Å². The van der Waals surface area contributed by atoms with Gasteiger partial charge in [-0.2, -0.15) is 0 Å². The Kier molecular flexibility index (Phi) is 5.18. The number of benzene rings is 1. The molecule has 0 saturated heterocycles. The van der Waals surface area contributed by atoms with Crippen molar-refractivity contribution in [1.82, 2.24) is 19.3 Å². The van der Waals surface area contributed by atoms with E-state index in [0.29, 0.717) is 11.1 Å². The number of amides is 3. The highest BCUT2D eigenvalue weighted by molar-refractivity contribution is 6.05. The molecule has 9 nitrogen and oxygen atoms in total. The van der Waals surface area contributed by atoms with Crippen LogP contribution in [0.4, 0.5) is 4.39 Å². The molecule has 1 aliphatic carbocycles. The number of fused-ring (bicyclic) bond motifs is 3. The van der Waals surface area contributed by atoms with E-state index in [1.165, 1.54) is 31.4 Å². The van der Waals surface area contributed by atoms with Crippen LogP contribution in [-0.4, -0.2) is 69.3 Å². The van der Waals surface area contributed by atoms with Crippen LogP contribution in [0.25, 0.3) is 0 Å². The standard InChI is InChI=1S/C24H25FN4O5/c1-26(2)17(30)12-28-21(14-5-6-14)29-19(23(28)33)16-9-10-27(11-13-3-7-15(25)8-4-13)22(32)18(16)20(31)24(29)34/h3-4,7-8,14,21,31H,5-6,9-12H2,1-2H3. The lowest BCUT2D eigenvalue weighted by Crippen LogP contribution is -2.41. The van der Waals surface area contributed by atoms with Gasteiger partial charge in [-0.3, -0.25) is 23.7 Å². The highest BCUT2D eigenvalue weighted by atomic mass is 19.1. The van der Waals surface area contributed by atoms with E-state index in [4.69, 9.17) is 0 Å². The number of rotatable bonds is 5. The zero-order chi connectivity index (χ0) is 24.3. The smallest absolute Gasteiger partial charge is 0.295 e. The maximum Gasteiger partial charge on any atom is 0.295 e. The van der Waals surface area contributed by atoms with E-state index < -0.39 is 29.3 Å². The summed E-state index contributed by atoms with van der Waals surface area (Å²) in [5, 5.41) is 10.8. The van der Waals surface area contributed by atoms with Gasteiger partial charge in [0.15, 0.2) is 5.75 Å². The summed E-state index contributed by atoms with van der Waals surface area (Å²) in [7, 11) is 3.19. The van der Waals surface area contributed by atoms with Crippen LogP contribution in [0.15, 0.2) is 29.1 Å². The summed E-state index contributed by atoms with van der Waals surface area (Å²) in [5.41, 5.74) is 0.182. The molecule has 1 unspecified atom stereocenters. The molecule has 1 saturated carbocycles. The molecule has 1 N–H and O–H groups in total. The Hall–Kier alpha value is -3.69. The largest absolute Gasteiger partial charge is 0.502 e. The Morgan fingerprint density at radius 2 is 1.79 bits per heavy atom. The van der Waals surface area contributed by atoms with Gasteiger partial charge in [-0.05, 0) is 42.9 Å². The fraction of sp³-hybridized carbons (Fsp3) is 0.417. The Labute approximate surface area is 195 Å². The van der Waals surface area contributed by atoms with E-state index in [2.05, 4.69) is 0 Å². The van der Waals surface area contributed by atoms with Crippen molar-refractivity contribution in [1.29, 1.82) is 0 Å². The highest BCUT2D eigenvalue weighted by Crippen LogP contribution is 2.46. The predicted octanol–water partition coefficient (Wildman–Crippen LogP) is 1.34. The average Bonchev–Trinajstić information content (AvgIpc) is 3.60. The lowest BCUT2D eigenvalue weighted by Gasteiger charge is -2.30. The predicted molar refractivity (Wildman–Crippen MR) is 119 cm³/mol. The molecule has 5 rings (SSSR count). The molecular formula is C24H25FN4O5. The molecule has 1 aromatic heterocycles.